The summed E-state index contributed by atoms with van der Waals surface area (Å²) in [6.07, 6.45) is 6.76. The number of nitrogens with one attached hydrogen (secondary N) is 1. The molecule has 0 aromatic carbocycles. The molecule has 1 heterocycles. The third-order valence-corrected chi connectivity index (χ3v) is 2.59. The van der Waals surface area contributed by atoms with Gasteiger partial charge in [0.1, 0.15) is 0 Å². The first-order valence-corrected chi connectivity index (χ1v) is 5.96. The minimum absolute atomic E-state index is 0.633. The molecule has 0 spiro atoms. The Morgan fingerprint density at radius 1 is 1.40 bits per heavy atom. The Labute approximate surface area is 93.1 Å². The van der Waals surface area contributed by atoms with Gasteiger partial charge in [0.05, 0.1) is 0 Å². The van der Waals surface area contributed by atoms with Crippen LogP contribution in [0.4, 0.5) is 0 Å². The summed E-state index contributed by atoms with van der Waals surface area (Å²) in [4.78, 5) is 4.30. The highest BCUT2D eigenvalue weighted by atomic mass is 14.9. The first kappa shape index (κ1) is 12.2. The highest BCUT2D eigenvalue weighted by molar-refractivity contribution is 5.03. The summed E-state index contributed by atoms with van der Waals surface area (Å²) in [6, 6.07) is 6.72. The van der Waals surface area contributed by atoms with E-state index in [0.29, 0.717) is 6.04 Å². The van der Waals surface area contributed by atoms with E-state index in [4.69, 9.17) is 0 Å². The fourth-order valence-corrected chi connectivity index (χ4v) is 1.61. The largest absolute Gasteiger partial charge is 0.314 e. The van der Waals surface area contributed by atoms with E-state index in [1.165, 1.54) is 25.0 Å². The van der Waals surface area contributed by atoms with E-state index in [1.807, 2.05) is 18.3 Å². The molecule has 1 aromatic rings. The van der Waals surface area contributed by atoms with Crippen molar-refractivity contribution in [3.05, 3.63) is 30.1 Å². The number of hydrogen-bond donors (Lipinski definition) is 1. The van der Waals surface area contributed by atoms with Crippen LogP contribution in [0.5, 0.6) is 0 Å². The Bertz CT molecular complexity index is 246. The summed E-state index contributed by atoms with van der Waals surface area (Å²) in [5.41, 5.74) is 1.17. The maximum absolute atomic E-state index is 4.30. The van der Waals surface area contributed by atoms with Gasteiger partial charge in [-0.2, -0.15) is 0 Å². The average molecular weight is 206 g/mol. The molecule has 2 heteroatoms. The molecule has 0 fully saturated rings. The van der Waals surface area contributed by atoms with Crippen molar-refractivity contribution in [2.45, 2.75) is 45.6 Å². The van der Waals surface area contributed by atoms with Gasteiger partial charge < -0.3 is 5.32 Å². The normalized spacial score (nSPS) is 12.7. The van der Waals surface area contributed by atoms with Gasteiger partial charge in [-0.1, -0.05) is 25.8 Å². The Hall–Kier alpha value is -0.890. The van der Waals surface area contributed by atoms with Crippen molar-refractivity contribution < 1.29 is 0 Å². The number of nitrogens with zero attached hydrogens (tertiary/aromatic N) is 1. The minimum Gasteiger partial charge on any atom is -0.314 e. The number of pyridine rings is 1. The molecule has 15 heavy (non-hydrogen) atoms. The van der Waals surface area contributed by atoms with E-state index in [9.17, 15) is 0 Å². The van der Waals surface area contributed by atoms with Crippen molar-refractivity contribution in [2.75, 3.05) is 6.54 Å². The van der Waals surface area contributed by atoms with Crippen LogP contribution in [0.25, 0.3) is 0 Å². The summed E-state index contributed by atoms with van der Waals surface area (Å²) in [5, 5.41) is 3.53. The third-order valence-electron chi connectivity index (χ3n) is 2.59. The van der Waals surface area contributed by atoms with Crippen molar-refractivity contribution in [3.63, 3.8) is 0 Å². The van der Waals surface area contributed by atoms with E-state index in [2.05, 4.69) is 30.2 Å². The van der Waals surface area contributed by atoms with E-state index < -0.39 is 0 Å². The number of hydrogen-bond acceptors (Lipinski definition) is 2. The van der Waals surface area contributed by atoms with E-state index in [0.717, 1.165) is 13.0 Å². The molecular formula is C13H22N2. The molecule has 0 saturated heterocycles. The second-order valence-corrected chi connectivity index (χ2v) is 4.07. The second kappa shape index (κ2) is 7.41. The molecule has 2 nitrogen and oxygen atoms in total. The van der Waals surface area contributed by atoms with Gasteiger partial charge in [0.25, 0.3) is 0 Å². The number of aromatic nitrogens is 1. The lowest BCUT2D eigenvalue weighted by atomic mass is 10.1. The maximum Gasteiger partial charge on any atom is 0.0416 e. The van der Waals surface area contributed by atoms with Crippen LogP contribution in [-0.4, -0.2) is 17.6 Å². The molecule has 84 valence electrons. The van der Waals surface area contributed by atoms with E-state index in [-0.39, 0.29) is 0 Å². The smallest absolute Gasteiger partial charge is 0.0416 e. The van der Waals surface area contributed by atoms with Crippen LogP contribution in [0.15, 0.2) is 24.4 Å². The van der Waals surface area contributed by atoms with Crippen molar-refractivity contribution in [2.24, 2.45) is 0 Å². The minimum atomic E-state index is 0.633. The van der Waals surface area contributed by atoms with Crippen LogP contribution in [0.2, 0.25) is 0 Å². The van der Waals surface area contributed by atoms with Crippen molar-refractivity contribution in [1.29, 1.82) is 0 Å². The van der Waals surface area contributed by atoms with Crippen molar-refractivity contribution in [1.82, 2.24) is 10.3 Å². The van der Waals surface area contributed by atoms with Crippen LogP contribution in [0.1, 0.15) is 38.8 Å². The lowest BCUT2D eigenvalue weighted by Crippen LogP contribution is -2.28. The molecule has 1 unspecified atom stereocenters. The Kier molecular flexibility index (Phi) is 6.02. The Morgan fingerprint density at radius 3 is 2.93 bits per heavy atom. The fraction of sp³-hybridized carbons (Fsp3) is 0.615. The van der Waals surface area contributed by atoms with Gasteiger partial charge in [-0.05, 0) is 25.5 Å². The summed E-state index contributed by atoms with van der Waals surface area (Å²) >= 11 is 0. The first-order chi connectivity index (χ1) is 7.33. The number of rotatable bonds is 7. The highest BCUT2D eigenvalue weighted by Gasteiger charge is 2.00. The zero-order valence-electron chi connectivity index (χ0n) is 9.87. The summed E-state index contributed by atoms with van der Waals surface area (Å²) in [7, 11) is 0. The molecule has 1 aromatic heterocycles. The monoisotopic (exact) mass is 206 g/mol. The van der Waals surface area contributed by atoms with Crippen LogP contribution in [0.3, 0.4) is 0 Å². The predicted octanol–water partition coefficient (Wildman–Crippen LogP) is 2.79. The average Bonchev–Trinajstić information content (AvgIpc) is 2.28. The highest BCUT2D eigenvalue weighted by Crippen LogP contribution is 2.00. The zero-order chi connectivity index (χ0) is 10.9. The molecule has 1 rings (SSSR count). The summed E-state index contributed by atoms with van der Waals surface area (Å²) in [5.74, 6) is 0. The molecule has 0 aliphatic rings. The topological polar surface area (TPSA) is 24.9 Å². The van der Waals surface area contributed by atoms with Crippen LogP contribution >= 0.6 is 0 Å². The van der Waals surface area contributed by atoms with E-state index in [1.54, 1.807) is 0 Å². The van der Waals surface area contributed by atoms with Gasteiger partial charge in [0.2, 0.25) is 0 Å². The molecule has 0 amide bonds. The van der Waals surface area contributed by atoms with Crippen LogP contribution < -0.4 is 5.32 Å². The van der Waals surface area contributed by atoms with Gasteiger partial charge in [-0.15, -0.1) is 0 Å². The Morgan fingerprint density at radius 2 is 2.27 bits per heavy atom. The van der Waals surface area contributed by atoms with Gasteiger partial charge in [-0.25, -0.2) is 0 Å². The molecule has 0 aliphatic heterocycles. The molecule has 0 saturated carbocycles. The quantitative estimate of drug-likeness (QED) is 0.742. The lowest BCUT2D eigenvalue weighted by Gasteiger charge is -2.12. The maximum atomic E-state index is 4.30. The molecular weight excluding hydrogens is 184 g/mol. The molecule has 1 N–H and O–H groups in total. The van der Waals surface area contributed by atoms with Crippen LogP contribution in [-0.2, 0) is 6.42 Å². The molecule has 1 atom stereocenters. The third kappa shape index (κ3) is 5.53. The van der Waals surface area contributed by atoms with E-state index >= 15 is 0 Å². The number of unbranched alkanes of at least 4 members (excludes halogenated alkanes) is 1. The summed E-state index contributed by atoms with van der Waals surface area (Å²) in [6.45, 7) is 5.52. The van der Waals surface area contributed by atoms with Gasteiger partial charge in [0.15, 0.2) is 0 Å². The second-order valence-electron chi connectivity index (χ2n) is 4.07. The fourth-order valence-electron chi connectivity index (χ4n) is 1.61. The van der Waals surface area contributed by atoms with Gasteiger partial charge in [0, 0.05) is 30.9 Å². The Balaban J connectivity index is 2.11. The molecule has 0 radical (unpaired) electrons. The van der Waals surface area contributed by atoms with Gasteiger partial charge in [-0.3, -0.25) is 4.98 Å². The van der Waals surface area contributed by atoms with Crippen LogP contribution in [0, 0.1) is 0 Å². The van der Waals surface area contributed by atoms with Crippen molar-refractivity contribution in [3.8, 4) is 0 Å². The van der Waals surface area contributed by atoms with Gasteiger partial charge >= 0.3 is 0 Å². The molecule has 0 bridgehead atoms. The standard InChI is InChI=1S/C13H22N2/c1-3-4-7-12(2)14-11-9-13-8-5-6-10-15-13/h5-6,8,10,12,14H,3-4,7,9,11H2,1-2H3. The zero-order valence-corrected chi connectivity index (χ0v) is 9.87. The molecule has 0 aliphatic carbocycles. The predicted molar refractivity (Wildman–Crippen MR) is 64.9 cm³/mol. The summed E-state index contributed by atoms with van der Waals surface area (Å²) < 4.78 is 0. The first-order valence-electron chi connectivity index (χ1n) is 5.96. The van der Waals surface area contributed by atoms with Crippen molar-refractivity contribution >= 4 is 0 Å². The lowest BCUT2D eigenvalue weighted by molar-refractivity contribution is 0.497. The SMILES string of the molecule is CCCCC(C)NCCc1ccccn1.